The smallest absolute Gasteiger partial charge is 0.315 e. The van der Waals surface area contributed by atoms with Crippen LogP contribution in [0.3, 0.4) is 0 Å². The van der Waals surface area contributed by atoms with Crippen LogP contribution in [0.5, 0.6) is 0 Å². The summed E-state index contributed by atoms with van der Waals surface area (Å²) in [6.45, 7) is 9.02. The maximum atomic E-state index is 13.1. The lowest BCUT2D eigenvalue weighted by Crippen LogP contribution is -2.17. The fraction of sp³-hybridized carbons (Fsp3) is 0.121. The fourth-order valence-corrected chi connectivity index (χ4v) is 11.4. The summed E-state index contributed by atoms with van der Waals surface area (Å²) < 4.78 is 2.20. The van der Waals surface area contributed by atoms with Gasteiger partial charge in [-0.3, -0.25) is 14.3 Å². The van der Waals surface area contributed by atoms with Gasteiger partial charge in [-0.05, 0) is 103 Å². The number of carboxylic acids is 1. The lowest BCUT2D eigenvalue weighted by molar-refractivity contribution is -0.137. The van der Waals surface area contributed by atoms with Crippen LogP contribution in [0.15, 0.2) is 164 Å². The first kappa shape index (κ1) is 37.5. The Bertz CT molecular complexity index is 3640. The Hall–Kier alpha value is -8.03. The van der Waals surface area contributed by atoms with Gasteiger partial charge in [-0.1, -0.05) is 149 Å². The zero-order valence-corrected chi connectivity index (χ0v) is 36.3. The fourth-order valence-electron chi connectivity index (χ4n) is 11.4. The molecule has 0 fully saturated rings. The van der Waals surface area contributed by atoms with Crippen molar-refractivity contribution < 1.29 is 9.90 Å². The molecule has 1 N–H and O–H groups in total. The van der Waals surface area contributed by atoms with E-state index < -0.39 is 17.3 Å². The largest absolute Gasteiger partial charge is 0.481 e. The summed E-state index contributed by atoms with van der Waals surface area (Å²) in [6.07, 6.45) is 1.85. The molecular weight excluding hydrogens is 799 g/mol. The molecule has 7 aromatic carbocycles. The number of nitrogens with zero attached hydrogens (tertiary/aromatic N) is 5. The minimum atomic E-state index is -0.838. The maximum Gasteiger partial charge on any atom is 0.315 e. The third-order valence-electron chi connectivity index (χ3n) is 14.4. The molecular formula is C58H41N5O2. The van der Waals surface area contributed by atoms with Gasteiger partial charge in [0.25, 0.3) is 0 Å². The molecule has 3 aliphatic carbocycles. The number of aliphatic carboxylic acids is 1. The molecule has 310 valence electrons. The number of hydrogen-bond acceptors (Lipinski definition) is 5. The average molecular weight is 840 g/mol. The number of rotatable bonds is 5. The van der Waals surface area contributed by atoms with Gasteiger partial charge in [0.2, 0.25) is 5.95 Å². The third kappa shape index (κ3) is 5.21. The highest BCUT2D eigenvalue weighted by atomic mass is 16.4. The first-order valence-corrected chi connectivity index (χ1v) is 22.2. The van der Waals surface area contributed by atoms with E-state index in [4.69, 9.17) is 19.9 Å². The molecule has 0 radical (unpaired) electrons. The van der Waals surface area contributed by atoms with Gasteiger partial charge in [-0.25, -0.2) is 4.98 Å². The van der Waals surface area contributed by atoms with Crippen LogP contribution in [0.1, 0.15) is 67.1 Å². The van der Waals surface area contributed by atoms with Gasteiger partial charge in [-0.15, -0.1) is 0 Å². The van der Waals surface area contributed by atoms with Crippen LogP contribution >= 0.6 is 0 Å². The van der Waals surface area contributed by atoms with Crippen molar-refractivity contribution in [3.8, 4) is 73.2 Å². The van der Waals surface area contributed by atoms with Crippen LogP contribution in [0.25, 0.3) is 95.0 Å². The molecule has 3 heterocycles. The van der Waals surface area contributed by atoms with Gasteiger partial charge in [-0.2, -0.15) is 9.97 Å². The van der Waals surface area contributed by atoms with E-state index in [9.17, 15) is 9.90 Å². The number of benzene rings is 7. The van der Waals surface area contributed by atoms with Gasteiger partial charge in [0, 0.05) is 44.5 Å². The highest BCUT2D eigenvalue weighted by Gasteiger charge is 2.43. The van der Waals surface area contributed by atoms with Crippen molar-refractivity contribution in [2.24, 2.45) is 0 Å². The van der Waals surface area contributed by atoms with E-state index in [2.05, 4.69) is 123 Å². The minimum absolute atomic E-state index is 0.337. The van der Waals surface area contributed by atoms with Crippen molar-refractivity contribution in [3.63, 3.8) is 0 Å². The van der Waals surface area contributed by atoms with E-state index in [0.29, 0.717) is 17.6 Å². The normalized spacial score (nSPS) is 15.6. The highest BCUT2D eigenvalue weighted by Crippen LogP contribution is 2.57. The summed E-state index contributed by atoms with van der Waals surface area (Å²) in [6, 6.07) is 55.0. The van der Waals surface area contributed by atoms with Crippen molar-refractivity contribution in [1.82, 2.24) is 24.5 Å². The van der Waals surface area contributed by atoms with Crippen LogP contribution in [-0.2, 0) is 15.6 Å². The summed E-state index contributed by atoms with van der Waals surface area (Å²) >= 11 is 0. The lowest BCUT2D eigenvalue weighted by atomic mass is 9.78. The van der Waals surface area contributed by atoms with Crippen LogP contribution in [0, 0.1) is 0 Å². The van der Waals surface area contributed by atoms with Crippen molar-refractivity contribution in [3.05, 3.63) is 197 Å². The molecule has 0 saturated carbocycles. The first-order valence-electron chi connectivity index (χ1n) is 22.2. The van der Waals surface area contributed by atoms with E-state index in [1.165, 1.54) is 22.3 Å². The summed E-state index contributed by atoms with van der Waals surface area (Å²) in [5.74, 6) is 0.194. The Morgan fingerprint density at radius 1 is 0.508 bits per heavy atom. The monoisotopic (exact) mass is 839 g/mol. The Labute approximate surface area is 375 Å². The molecule has 1 unspecified atom stereocenters. The predicted octanol–water partition coefficient (Wildman–Crippen LogP) is 13.2. The summed E-state index contributed by atoms with van der Waals surface area (Å²) in [5.41, 5.74) is 18.3. The molecule has 13 rings (SSSR count). The average Bonchev–Trinajstić information content (AvgIpc) is 3.99. The molecule has 0 bridgehead atoms. The quantitative estimate of drug-likeness (QED) is 0.185. The van der Waals surface area contributed by atoms with Crippen molar-refractivity contribution >= 4 is 27.8 Å². The van der Waals surface area contributed by atoms with Gasteiger partial charge in [0.15, 0.2) is 11.6 Å². The third-order valence-corrected chi connectivity index (χ3v) is 14.4. The second kappa shape index (κ2) is 13.3. The Balaban J connectivity index is 0.987. The summed E-state index contributed by atoms with van der Waals surface area (Å²) in [4.78, 5) is 33.3. The molecule has 0 amide bonds. The molecule has 7 heteroatoms. The first-order chi connectivity index (χ1) is 31.6. The van der Waals surface area contributed by atoms with E-state index in [1.54, 1.807) is 0 Å². The molecule has 0 spiro atoms. The van der Waals surface area contributed by atoms with Crippen molar-refractivity contribution in [1.29, 1.82) is 0 Å². The Morgan fingerprint density at radius 2 is 1.15 bits per heavy atom. The lowest BCUT2D eigenvalue weighted by Gasteiger charge is -2.25. The molecule has 65 heavy (non-hydrogen) atoms. The molecule has 3 aliphatic rings. The number of carbonyl (C=O) groups is 1. The number of carboxylic acid groups (broad SMARTS) is 1. The number of hydrogen-bond donors (Lipinski definition) is 1. The Morgan fingerprint density at radius 3 is 1.89 bits per heavy atom. The van der Waals surface area contributed by atoms with E-state index in [-0.39, 0.29) is 5.41 Å². The van der Waals surface area contributed by atoms with Crippen LogP contribution in [0.2, 0.25) is 0 Å². The summed E-state index contributed by atoms with van der Waals surface area (Å²) in [7, 11) is 0. The van der Waals surface area contributed by atoms with Gasteiger partial charge in [0.05, 0.1) is 16.7 Å². The standard InChI is InChI=1S/C58H41N5O2/c1-57(2)47-31-49-44(36-19-11-12-23-48(36)63(49)56-61-53(32-15-7-5-8-16-32)60-54(62-56)33-17-9-6-10-18-33)29-42(47)38-21-13-20-35(51(38)57)34-24-25-37-40(27-34)41-28-43-39-22-14-26-59-52(39)58(3,4)46(43)30-45(41)50(37)55(64)65/h5-31,50H,1-4H3,(H,64,65). The topological polar surface area (TPSA) is 93.8 Å². The zero-order chi connectivity index (χ0) is 43.9. The summed E-state index contributed by atoms with van der Waals surface area (Å²) in [5, 5.41) is 13.0. The van der Waals surface area contributed by atoms with E-state index >= 15 is 0 Å². The minimum Gasteiger partial charge on any atom is -0.481 e. The van der Waals surface area contributed by atoms with Crippen molar-refractivity contribution in [2.45, 2.75) is 44.4 Å². The highest BCUT2D eigenvalue weighted by molar-refractivity contribution is 6.12. The molecule has 0 saturated heterocycles. The van der Waals surface area contributed by atoms with Crippen LogP contribution in [0.4, 0.5) is 0 Å². The number of pyridine rings is 1. The van der Waals surface area contributed by atoms with E-state index in [1.807, 2.05) is 72.9 Å². The van der Waals surface area contributed by atoms with Gasteiger partial charge in [0.1, 0.15) is 5.92 Å². The van der Waals surface area contributed by atoms with Gasteiger partial charge >= 0.3 is 5.97 Å². The molecule has 10 aromatic rings. The molecule has 0 aliphatic heterocycles. The van der Waals surface area contributed by atoms with Gasteiger partial charge < -0.3 is 5.11 Å². The molecule has 1 atom stereocenters. The van der Waals surface area contributed by atoms with E-state index in [0.717, 1.165) is 88.7 Å². The zero-order valence-electron chi connectivity index (χ0n) is 36.3. The van der Waals surface area contributed by atoms with Crippen molar-refractivity contribution in [2.75, 3.05) is 0 Å². The van der Waals surface area contributed by atoms with Crippen LogP contribution in [-0.4, -0.2) is 35.6 Å². The molecule has 7 nitrogen and oxygen atoms in total. The second-order valence-corrected chi connectivity index (χ2v) is 18.7. The number of para-hydroxylation sites is 1. The molecule has 3 aromatic heterocycles. The Kier molecular flexibility index (Phi) is 7.65. The maximum absolute atomic E-state index is 13.1. The SMILES string of the molecule is CC1(C)c2cc3c(cc2-c2cccnc21)-c1cc(-c2cccc4c2C(C)(C)c2cc5c(cc2-4)c2ccccc2n5-c2nc(-c4ccccc4)nc(-c4ccccc4)n2)ccc1C3C(=O)O. The number of fused-ring (bicyclic) bond motifs is 12. The van der Waals surface area contributed by atoms with Crippen LogP contribution < -0.4 is 0 Å². The second-order valence-electron chi connectivity index (χ2n) is 18.7. The number of aromatic nitrogens is 5. The predicted molar refractivity (Wildman–Crippen MR) is 258 cm³/mol.